The van der Waals surface area contributed by atoms with Gasteiger partial charge in [0.05, 0.1) is 6.20 Å². The molecule has 0 aliphatic heterocycles. The monoisotopic (exact) mass is 272 g/mol. The van der Waals surface area contributed by atoms with E-state index in [0.717, 1.165) is 13.8 Å². The van der Waals surface area contributed by atoms with E-state index in [9.17, 15) is 18.0 Å². The van der Waals surface area contributed by atoms with Crippen molar-refractivity contribution in [1.82, 2.24) is 14.6 Å². The molecule has 0 aromatic carbocycles. The highest BCUT2D eigenvalue weighted by Gasteiger charge is 2.53. The average Bonchev–Trinajstić information content (AvgIpc) is 2.74. The zero-order valence-electron chi connectivity index (χ0n) is 10.2. The van der Waals surface area contributed by atoms with Gasteiger partial charge in [0.15, 0.2) is 5.65 Å². The van der Waals surface area contributed by atoms with Crippen molar-refractivity contribution in [3.63, 3.8) is 0 Å². The van der Waals surface area contributed by atoms with Crippen LogP contribution in [0.1, 0.15) is 13.8 Å². The summed E-state index contributed by atoms with van der Waals surface area (Å²) < 4.78 is 39.5. The molecule has 0 atom stereocenters. The minimum atomic E-state index is -4.63. The maximum atomic E-state index is 12.7. The molecule has 0 fully saturated rings. The molecule has 2 aromatic heterocycles. The van der Waals surface area contributed by atoms with Crippen molar-refractivity contribution in [2.24, 2.45) is 5.41 Å². The summed E-state index contributed by atoms with van der Waals surface area (Å²) in [5.74, 6) is -1.10. The lowest BCUT2D eigenvalue weighted by Crippen LogP contribution is -2.43. The number of carbonyl (C=O) groups is 1. The topological polar surface area (TPSA) is 59.3 Å². The summed E-state index contributed by atoms with van der Waals surface area (Å²) >= 11 is 0. The number of hydrogen-bond acceptors (Lipinski definition) is 3. The summed E-state index contributed by atoms with van der Waals surface area (Å²) in [4.78, 5) is 15.6. The lowest BCUT2D eigenvalue weighted by Gasteiger charge is -2.25. The molecular formula is C11H11F3N4O. The second kappa shape index (κ2) is 4.22. The summed E-state index contributed by atoms with van der Waals surface area (Å²) in [6.45, 7) is 1.64. The summed E-state index contributed by atoms with van der Waals surface area (Å²) in [6, 6.07) is 2.95. The van der Waals surface area contributed by atoms with Gasteiger partial charge in [-0.2, -0.15) is 18.3 Å². The van der Waals surface area contributed by atoms with Crippen molar-refractivity contribution in [2.75, 3.05) is 5.32 Å². The van der Waals surface area contributed by atoms with Gasteiger partial charge in [-0.05, 0) is 19.9 Å². The van der Waals surface area contributed by atoms with Crippen LogP contribution in [0.3, 0.4) is 0 Å². The molecule has 2 rings (SSSR count). The smallest absolute Gasteiger partial charge is 0.310 e. The predicted octanol–water partition coefficient (Wildman–Crippen LogP) is 2.26. The standard InChI is InChI=1S/C11H11F3N4O/c1-10(2,11(12,13)14)9(19)17-7-4-6-18-8(16-7)3-5-15-18/h3-6H,1-2H3,(H,16,17,19). The predicted molar refractivity (Wildman–Crippen MR) is 61.5 cm³/mol. The molecule has 0 aliphatic carbocycles. The number of alkyl halides is 3. The van der Waals surface area contributed by atoms with Crippen molar-refractivity contribution < 1.29 is 18.0 Å². The van der Waals surface area contributed by atoms with Crippen LogP contribution in [-0.2, 0) is 4.79 Å². The normalized spacial score (nSPS) is 12.7. The number of anilines is 1. The summed E-state index contributed by atoms with van der Waals surface area (Å²) in [5, 5.41) is 6.05. The van der Waals surface area contributed by atoms with Crippen molar-refractivity contribution >= 4 is 17.4 Å². The number of hydrogen-bond donors (Lipinski definition) is 1. The van der Waals surface area contributed by atoms with Crippen LogP contribution >= 0.6 is 0 Å². The molecule has 0 saturated carbocycles. The van der Waals surface area contributed by atoms with Gasteiger partial charge >= 0.3 is 6.18 Å². The molecule has 0 unspecified atom stereocenters. The molecule has 1 amide bonds. The third-order valence-corrected chi connectivity index (χ3v) is 2.78. The molecule has 2 aromatic rings. The van der Waals surface area contributed by atoms with Gasteiger partial charge in [-0.25, -0.2) is 9.50 Å². The second-order valence-corrected chi connectivity index (χ2v) is 4.52. The van der Waals surface area contributed by atoms with Crippen LogP contribution in [0, 0.1) is 5.41 Å². The third-order valence-electron chi connectivity index (χ3n) is 2.78. The zero-order chi connectivity index (χ0) is 14.3. The van der Waals surface area contributed by atoms with Gasteiger partial charge in [0.1, 0.15) is 11.2 Å². The van der Waals surface area contributed by atoms with Crippen LogP contribution < -0.4 is 5.32 Å². The molecule has 5 nitrogen and oxygen atoms in total. The maximum Gasteiger partial charge on any atom is 0.402 e. The first-order valence-electron chi connectivity index (χ1n) is 5.40. The SMILES string of the molecule is CC(C)(C(=O)Nc1ccn2nccc2n1)C(F)(F)F. The molecule has 0 spiro atoms. The highest BCUT2D eigenvalue weighted by atomic mass is 19.4. The first kappa shape index (κ1) is 13.3. The molecule has 2 heterocycles. The molecule has 0 radical (unpaired) electrons. The maximum absolute atomic E-state index is 12.7. The number of fused-ring (bicyclic) bond motifs is 1. The quantitative estimate of drug-likeness (QED) is 0.912. The Labute approximate surface area is 106 Å². The van der Waals surface area contributed by atoms with Crippen LogP contribution in [0.15, 0.2) is 24.5 Å². The molecule has 1 N–H and O–H groups in total. The Morgan fingerprint density at radius 2 is 2.00 bits per heavy atom. The van der Waals surface area contributed by atoms with E-state index in [1.165, 1.54) is 23.0 Å². The number of halogens is 3. The Hall–Kier alpha value is -2.12. The number of carbonyl (C=O) groups excluding carboxylic acids is 1. The molecule has 8 heteroatoms. The second-order valence-electron chi connectivity index (χ2n) is 4.52. The van der Waals surface area contributed by atoms with Crippen LogP contribution in [0.4, 0.5) is 19.0 Å². The van der Waals surface area contributed by atoms with E-state index in [2.05, 4.69) is 15.4 Å². The van der Waals surface area contributed by atoms with Crippen molar-refractivity contribution in [3.05, 3.63) is 24.5 Å². The summed E-state index contributed by atoms with van der Waals surface area (Å²) in [6.07, 6.45) is -1.64. The van der Waals surface area contributed by atoms with E-state index < -0.39 is 17.5 Å². The Kier molecular flexibility index (Phi) is 2.95. The zero-order valence-corrected chi connectivity index (χ0v) is 10.2. The number of nitrogens with one attached hydrogen (secondary N) is 1. The fraction of sp³-hybridized carbons (Fsp3) is 0.364. The Bertz CT molecular complexity index is 618. The third kappa shape index (κ3) is 2.38. The lowest BCUT2D eigenvalue weighted by atomic mass is 9.91. The van der Waals surface area contributed by atoms with Gasteiger partial charge < -0.3 is 5.32 Å². The Morgan fingerprint density at radius 1 is 1.32 bits per heavy atom. The molecule has 19 heavy (non-hydrogen) atoms. The van der Waals surface area contributed by atoms with Crippen LogP contribution in [-0.4, -0.2) is 26.7 Å². The van der Waals surface area contributed by atoms with Crippen molar-refractivity contribution in [3.8, 4) is 0 Å². The number of aromatic nitrogens is 3. The summed E-state index contributed by atoms with van der Waals surface area (Å²) in [5.41, 5.74) is -2.05. The van der Waals surface area contributed by atoms with E-state index in [-0.39, 0.29) is 5.82 Å². The average molecular weight is 272 g/mol. The van der Waals surface area contributed by atoms with E-state index in [1.54, 1.807) is 6.07 Å². The molecule has 0 bridgehead atoms. The fourth-order valence-electron chi connectivity index (χ4n) is 1.28. The van der Waals surface area contributed by atoms with Crippen molar-refractivity contribution in [2.45, 2.75) is 20.0 Å². The Morgan fingerprint density at radius 3 is 2.63 bits per heavy atom. The Balaban J connectivity index is 2.23. The highest BCUT2D eigenvalue weighted by Crippen LogP contribution is 2.38. The molecular weight excluding hydrogens is 261 g/mol. The molecule has 0 aliphatic rings. The fourth-order valence-corrected chi connectivity index (χ4v) is 1.28. The minimum absolute atomic E-state index is 0.0512. The minimum Gasteiger partial charge on any atom is -0.310 e. The van der Waals surface area contributed by atoms with Gasteiger partial charge in [-0.3, -0.25) is 4.79 Å². The number of rotatable bonds is 2. The summed E-state index contributed by atoms with van der Waals surface area (Å²) in [7, 11) is 0. The van der Waals surface area contributed by atoms with E-state index in [0.29, 0.717) is 5.65 Å². The van der Waals surface area contributed by atoms with E-state index >= 15 is 0 Å². The van der Waals surface area contributed by atoms with Crippen LogP contribution in [0.25, 0.3) is 5.65 Å². The number of nitrogens with zero attached hydrogens (tertiary/aromatic N) is 3. The van der Waals surface area contributed by atoms with Crippen LogP contribution in [0.5, 0.6) is 0 Å². The number of amides is 1. The van der Waals surface area contributed by atoms with E-state index in [1.807, 2.05) is 0 Å². The first-order valence-corrected chi connectivity index (χ1v) is 5.40. The van der Waals surface area contributed by atoms with Gasteiger partial charge in [-0.15, -0.1) is 0 Å². The van der Waals surface area contributed by atoms with E-state index in [4.69, 9.17) is 0 Å². The van der Waals surface area contributed by atoms with Gasteiger partial charge in [0, 0.05) is 12.3 Å². The van der Waals surface area contributed by atoms with Gasteiger partial charge in [0.2, 0.25) is 5.91 Å². The largest absolute Gasteiger partial charge is 0.402 e. The first-order chi connectivity index (χ1) is 8.72. The van der Waals surface area contributed by atoms with Crippen LogP contribution in [0.2, 0.25) is 0 Å². The highest BCUT2D eigenvalue weighted by molar-refractivity contribution is 5.94. The molecule has 102 valence electrons. The molecule has 0 saturated heterocycles. The lowest BCUT2D eigenvalue weighted by molar-refractivity contribution is -0.208. The van der Waals surface area contributed by atoms with Gasteiger partial charge in [-0.1, -0.05) is 0 Å². The van der Waals surface area contributed by atoms with Gasteiger partial charge in [0.25, 0.3) is 0 Å². The van der Waals surface area contributed by atoms with Crippen molar-refractivity contribution in [1.29, 1.82) is 0 Å².